The molecule has 0 amide bonds. The molecule has 68 valence electrons. The molecule has 1 aromatic rings. The fourth-order valence-electron chi connectivity index (χ4n) is 1.25. The third-order valence-electron chi connectivity index (χ3n) is 1.80. The van der Waals surface area contributed by atoms with Crippen molar-refractivity contribution in [2.24, 2.45) is 4.40 Å². The van der Waals surface area contributed by atoms with Gasteiger partial charge in [0.25, 0.3) is 10.0 Å². The van der Waals surface area contributed by atoms with Crippen LogP contribution in [0.4, 0.5) is 0 Å². The summed E-state index contributed by atoms with van der Waals surface area (Å²) >= 11 is 5.70. The van der Waals surface area contributed by atoms with Crippen molar-refractivity contribution >= 4 is 26.8 Å². The molecule has 0 aliphatic carbocycles. The SMILES string of the molecule is O=S1(=O)Cc2ccccc2C(Cl)=N1. The van der Waals surface area contributed by atoms with E-state index in [1.807, 2.05) is 0 Å². The van der Waals surface area contributed by atoms with E-state index in [0.717, 1.165) is 0 Å². The molecule has 0 atom stereocenters. The fourth-order valence-corrected chi connectivity index (χ4v) is 2.80. The minimum absolute atomic E-state index is 0.0562. The first-order chi connectivity index (χ1) is 6.08. The molecule has 1 aromatic carbocycles. The van der Waals surface area contributed by atoms with Gasteiger partial charge in [-0.05, 0) is 5.56 Å². The molecule has 0 spiro atoms. The molecule has 1 aliphatic heterocycles. The summed E-state index contributed by atoms with van der Waals surface area (Å²) in [5, 5.41) is 0.0573. The van der Waals surface area contributed by atoms with Gasteiger partial charge in [0.1, 0.15) is 5.17 Å². The van der Waals surface area contributed by atoms with Crippen LogP contribution in [0.15, 0.2) is 28.7 Å². The first-order valence-electron chi connectivity index (χ1n) is 3.65. The second-order valence-corrected chi connectivity index (χ2v) is 4.76. The molecule has 0 bridgehead atoms. The molecule has 2 rings (SSSR count). The van der Waals surface area contributed by atoms with E-state index < -0.39 is 10.0 Å². The van der Waals surface area contributed by atoms with Gasteiger partial charge in [-0.2, -0.15) is 4.40 Å². The summed E-state index contributed by atoms with van der Waals surface area (Å²) in [6, 6.07) is 7.08. The summed E-state index contributed by atoms with van der Waals surface area (Å²) in [7, 11) is -3.39. The Kier molecular flexibility index (Phi) is 1.89. The van der Waals surface area contributed by atoms with E-state index in [4.69, 9.17) is 11.6 Å². The Morgan fingerprint density at radius 2 is 2.00 bits per heavy atom. The molecule has 0 fully saturated rings. The normalized spacial score (nSPS) is 19.0. The van der Waals surface area contributed by atoms with Crippen LogP contribution in [0.3, 0.4) is 0 Å². The van der Waals surface area contributed by atoms with E-state index >= 15 is 0 Å². The van der Waals surface area contributed by atoms with Gasteiger partial charge in [-0.3, -0.25) is 0 Å². The first-order valence-corrected chi connectivity index (χ1v) is 5.64. The zero-order valence-electron chi connectivity index (χ0n) is 6.57. The quantitative estimate of drug-likeness (QED) is 0.659. The van der Waals surface area contributed by atoms with Crippen molar-refractivity contribution in [3.8, 4) is 0 Å². The maximum Gasteiger partial charge on any atom is 0.258 e. The lowest BCUT2D eigenvalue weighted by Gasteiger charge is -2.11. The lowest BCUT2D eigenvalue weighted by Crippen LogP contribution is -2.13. The smallest absolute Gasteiger partial charge is 0.204 e. The van der Waals surface area contributed by atoms with Crippen LogP contribution in [-0.4, -0.2) is 13.6 Å². The van der Waals surface area contributed by atoms with Crippen LogP contribution in [0.5, 0.6) is 0 Å². The molecule has 0 radical (unpaired) electrons. The van der Waals surface area contributed by atoms with Crippen LogP contribution < -0.4 is 0 Å². The molecule has 1 heterocycles. The Labute approximate surface area is 81.1 Å². The highest BCUT2D eigenvalue weighted by atomic mass is 35.5. The number of halogens is 1. The highest BCUT2D eigenvalue weighted by Crippen LogP contribution is 2.21. The highest BCUT2D eigenvalue weighted by Gasteiger charge is 2.21. The van der Waals surface area contributed by atoms with E-state index in [1.54, 1.807) is 24.3 Å². The minimum atomic E-state index is -3.39. The topological polar surface area (TPSA) is 46.5 Å². The van der Waals surface area contributed by atoms with Gasteiger partial charge in [0.2, 0.25) is 0 Å². The van der Waals surface area contributed by atoms with Gasteiger partial charge in [0.15, 0.2) is 0 Å². The molecule has 0 saturated heterocycles. The molecule has 0 unspecified atom stereocenters. The van der Waals surface area contributed by atoms with E-state index in [0.29, 0.717) is 11.1 Å². The van der Waals surface area contributed by atoms with Crippen molar-refractivity contribution in [1.82, 2.24) is 0 Å². The number of hydrogen-bond acceptors (Lipinski definition) is 2. The van der Waals surface area contributed by atoms with Crippen LogP contribution >= 0.6 is 11.6 Å². The predicted molar refractivity (Wildman–Crippen MR) is 51.5 cm³/mol. The zero-order chi connectivity index (χ0) is 9.47. The first kappa shape index (κ1) is 8.72. The van der Waals surface area contributed by atoms with Crippen molar-refractivity contribution in [3.05, 3.63) is 35.4 Å². The molecule has 1 aliphatic rings. The third-order valence-corrected chi connectivity index (χ3v) is 3.32. The fraction of sp³-hybridized carbons (Fsp3) is 0.125. The van der Waals surface area contributed by atoms with Crippen LogP contribution in [0.2, 0.25) is 0 Å². The Morgan fingerprint density at radius 3 is 2.77 bits per heavy atom. The van der Waals surface area contributed by atoms with Gasteiger partial charge in [-0.15, -0.1) is 0 Å². The van der Waals surface area contributed by atoms with Crippen molar-refractivity contribution in [1.29, 1.82) is 0 Å². The minimum Gasteiger partial charge on any atom is -0.204 e. The van der Waals surface area contributed by atoms with E-state index in [1.165, 1.54) is 0 Å². The lowest BCUT2D eigenvalue weighted by atomic mass is 10.1. The van der Waals surface area contributed by atoms with Crippen molar-refractivity contribution in [3.63, 3.8) is 0 Å². The summed E-state index contributed by atoms with van der Waals surface area (Å²) in [6.45, 7) is 0. The summed E-state index contributed by atoms with van der Waals surface area (Å²) in [5.74, 6) is -0.0562. The summed E-state index contributed by atoms with van der Waals surface area (Å²) in [6.07, 6.45) is 0. The molecule has 13 heavy (non-hydrogen) atoms. The van der Waals surface area contributed by atoms with Gasteiger partial charge in [0.05, 0.1) is 5.75 Å². The number of sulfonamides is 1. The van der Waals surface area contributed by atoms with Gasteiger partial charge >= 0.3 is 0 Å². The summed E-state index contributed by atoms with van der Waals surface area (Å²) in [5.41, 5.74) is 1.42. The molecule has 0 N–H and O–H groups in total. The van der Waals surface area contributed by atoms with Crippen molar-refractivity contribution in [2.45, 2.75) is 5.75 Å². The monoisotopic (exact) mass is 215 g/mol. The average molecular weight is 216 g/mol. The van der Waals surface area contributed by atoms with Gasteiger partial charge in [-0.1, -0.05) is 35.9 Å². The lowest BCUT2D eigenvalue weighted by molar-refractivity contribution is 0.596. The van der Waals surface area contributed by atoms with Gasteiger partial charge in [-0.25, -0.2) is 8.42 Å². The zero-order valence-corrected chi connectivity index (χ0v) is 8.14. The number of hydrogen-bond donors (Lipinski definition) is 0. The van der Waals surface area contributed by atoms with E-state index in [2.05, 4.69) is 4.40 Å². The van der Waals surface area contributed by atoms with E-state index in [9.17, 15) is 8.42 Å². The molecular formula is C8H6ClNO2S. The molecular weight excluding hydrogens is 210 g/mol. The number of fused-ring (bicyclic) bond motifs is 1. The second kappa shape index (κ2) is 2.82. The van der Waals surface area contributed by atoms with Gasteiger partial charge in [0, 0.05) is 5.56 Å². The summed E-state index contributed by atoms with van der Waals surface area (Å²) in [4.78, 5) is 0. The average Bonchev–Trinajstić information content (AvgIpc) is 2.02. The van der Waals surface area contributed by atoms with Crippen LogP contribution in [0.1, 0.15) is 11.1 Å². The second-order valence-electron chi connectivity index (χ2n) is 2.77. The largest absolute Gasteiger partial charge is 0.258 e. The van der Waals surface area contributed by atoms with E-state index in [-0.39, 0.29) is 10.9 Å². The number of nitrogens with zero attached hydrogens (tertiary/aromatic N) is 1. The molecule has 5 heteroatoms. The predicted octanol–water partition coefficient (Wildman–Crippen LogP) is 1.52. The number of benzene rings is 1. The standard InChI is InChI=1S/C8H6ClNO2S/c9-8-7-4-2-1-3-6(7)5-13(11,12)10-8/h1-4H,5H2. The van der Waals surface area contributed by atoms with Gasteiger partial charge < -0.3 is 0 Å². The highest BCUT2D eigenvalue weighted by molar-refractivity contribution is 7.89. The Morgan fingerprint density at radius 1 is 1.31 bits per heavy atom. The molecule has 3 nitrogen and oxygen atoms in total. The number of rotatable bonds is 0. The molecule has 0 aromatic heterocycles. The van der Waals surface area contributed by atoms with Crippen LogP contribution in [0, 0.1) is 0 Å². The Bertz CT molecular complexity index is 479. The Hall–Kier alpha value is -0.870. The van der Waals surface area contributed by atoms with Crippen molar-refractivity contribution < 1.29 is 8.42 Å². The maximum absolute atomic E-state index is 11.2. The molecule has 0 saturated carbocycles. The third kappa shape index (κ3) is 1.59. The maximum atomic E-state index is 11.2. The van der Waals surface area contributed by atoms with Crippen LogP contribution in [0.25, 0.3) is 0 Å². The van der Waals surface area contributed by atoms with Crippen molar-refractivity contribution in [2.75, 3.05) is 0 Å². The van der Waals surface area contributed by atoms with Crippen LogP contribution in [-0.2, 0) is 15.8 Å². The summed E-state index contributed by atoms with van der Waals surface area (Å²) < 4.78 is 25.7. The Balaban J connectivity index is 2.68.